The fraction of sp³-hybridized carbons (Fsp3) is 0.812. The molecule has 0 aromatic carbocycles. The zero-order valence-electron chi connectivity index (χ0n) is 14.0. The molecule has 0 unspecified atom stereocenters. The lowest BCUT2D eigenvalue weighted by Crippen LogP contribution is -2.57. The topological polar surface area (TPSA) is 46.5 Å². The van der Waals surface area contributed by atoms with Crippen LogP contribution in [0.4, 0.5) is 0 Å². The van der Waals surface area contributed by atoms with E-state index < -0.39 is 20.0 Å². The number of rotatable bonds is 2. The van der Waals surface area contributed by atoms with Gasteiger partial charge in [0, 0.05) is 11.5 Å². The van der Waals surface area contributed by atoms with Gasteiger partial charge in [0.25, 0.3) is 0 Å². The van der Waals surface area contributed by atoms with Gasteiger partial charge in [0.2, 0.25) is 0 Å². The summed E-state index contributed by atoms with van der Waals surface area (Å²) >= 11 is 1.85. The number of ketones is 1. The number of thioether (sulfide) groups is 1. The molecule has 1 N–H and O–H groups in total. The molecule has 120 valence electrons. The molecular formula is C16H28O3SSi. The van der Waals surface area contributed by atoms with Crippen LogP contribution in [0.5, 0.6) is 0 Å². The number of fused-ring (bicyclic) bond motifs is 1. The van der Waals surface area contributed by atoms with Crippen molar-refractivity contribution < 1.29 is 14.3 Å². The van der Waals surface area contributed by atoms with Gasteiger partial charge in [-0.25, -0.2) is 0 Å². The van der Waals surface area contributed by atoms with Gasteiger partial charge in [-0.05, 0) is 43.5 Å². The van der Waals surface area contributed by atoms with Crippen LogP contribution in [0.25, 0.3) is 0 Å². The largest absolute Gasteiger partial charge is 0.402 e. The lowest BCUT2D eigenvalue weighted by Gasteiger charge is -2.44. The predicted octanol–water partition coefficient (Wildman–Crippen LogP) is 3.39. The van der Waals surface area contributed by atoms with Crippen molar-refractivity contribution >= 4 is 25.9 Å². The van der Waals surface area contributed by atoms with Gasteiger partial charge in [0.1, 0.15) is 5.60 Å². The van der Waals surface area contributed by atoms with Crippen LogP contribution in [0.3, 0.4) is 0 Å². The molecule has 1 aliphatic heterocycles. The van der Waals surface area contributed by atoms with Gasteiger partial charge in [-0.2, -0.15) is 11.8 Å². The molecule has 0 bridgehead atoms. The van der Waals surface area contributed by atoms with E-state index in [0.717, 1.165) is 11.5 Å². The molecule has 1 aliphatic carbocycles. The fourth-order valence-corrected chi connectivity index (χ4v) is 5.60. The Labute approximate surface area is 133 Å². The monoisotopic (exact) mass is 328 g/mol. The second-order valence-corrected chi connectivity index (χ2v) is 13.8. The Bertz CT molecular complexity index is 467. The summed E-state index contributed by atoms with van der Waals surface area (Å²) < 4.78 is 6.39. The Morgan fingerprint density at radius 3 is 2.62 bits per heavy atom. The molecule has 21 heavy (non-hydrogen) atoms. The molecule has 0 radical (unpaired) electrons. The molecule has 0 saturated carbocycles. The number of aliphatic hydroxyl groups excluding tert-OH is 1. The van der Waals surface area contributed by atoms with Gasteiger partial charge >= 0.3 is 0 Å². The van der Waals surface area contributed by atoms with Crippen molar-refractivity contribution in [2.75, 3.05) is 11.5 Å². The minimum atomic E-state index is -2.12. The second kappa shape index (κ2) is 5.51. The molecule has 3 nitrogen and oxygen atoms in total. The maximum absolute atomic E-state index is 12.7. The number of hydrogen-bond donors (Lipinski definition) is 1. The highest BCUT2D eigenvalue weighted by Crippen LogP contribution is 2.43. The molecule has 1 saturated heterocycles. The van der Waals surface area contributed by atoms with Gasteiger partial charge in [-0.1, -0.05) is 26.3 Å². The van der Waals surface area contributed by atoms with E-state index in [-0.39, 0.29) is 10.8 Å². The highest BCUT2D eigenvalue weighted by molar-refractivity contribution is 7.99. The minimum absolute atomic E-state index is 0.0151. The highest BCUT2D eigenvalue weighted by Gasteiger charge is 2.51. The Morgan fingerprint density at radius 1 is 1.43 bits per heavy atom. The molecule has 0 amide bonds. The van der Waals surface area contributed by atoms with E-state index in [4.69, 9.17) is 4.43 Å². The molecule has 2 aliphatic rings. The van der Waals surface area contributed by atoms with Crippen molar-refractivity contribution in [3.8, 4) is 0 Å². The molecule has 0 spiro atoms. The Hall–Kier alpha value is -0.103. The van der Waals surface area contributed by atoms with Crippen LogP contribution >= 0.6 is 11.8 Å². The van der Waals surface area contributed by atoms with Crippen LogP contribution in [0.1, 0.15) is 34.1 Å². The maximum Gasteiger partial charge on any atom is 0.193 e. The number of carbonyl (C=O) groups is 1. The zero-order valence-corrected chi connectivity index (χ0v) is 15.8. The molecular weight excluding hydrogens is 300 g/mol. The van der Waals surface area contributed by atoms with E-state index in [1.807, 2.05) is 11.8 Å². The van der Waals surface area contributed by atoms with Crippen LogP contribution < -0.4 is 0 Å². The lowest BCUT2D eigenvalue weighted by molar-refractivity contribution is -0.139. The third kappa shape index (κ3) is 3.16. The quantitative estimate of drug-likeness (QED) is 0.789. The van der Waals surface area contributed by atoms with Crippen LogP contribution in [0, 0.1) is 5.92 Å². The third-order valence-electron chi connectivity index (χ3n) is 5.33. The smallest absolute Gasteiger partial charge is 0.193 e. The zero-order chi connectivity index (χ0) is 16.1. The van der Waals surface area contributed by atoms with Crippen molar-refractivity contribution in [2.24, 2.45) is 5.92 Å². The summed E-state index contributed by atoms with van der Waals surface area (Å²) in [5, 5.41) is 10.7. The van der Waals surface area contributed by atoms with E-state index in [0.29, 0.717) is 12.3 Å². The van der Waals surface area contributed by atoms with Gasteiger partial charge in [-0.3, -0.25) is 4.79 Å². The molecule has 2 rings (SSSR count). The van der Waals surface area contributed by atoms with Crippen molar-refractivity contribution in [1.29, 1.82) is 0 Å². The number of aliphatic hydroxyl groups is 1. The van der Waals surface area contributed by atoms with Crippen LogP contribution in [0.15, 0.2) is 11.6 Å². The summed E-state index contributed by atoms with van der Waals surface area (Å²) in [5.74, 6) is 2.20. The van der Waals surface area contributed by atoms with Crippen molar-refractivity contribution in [2.45, 2.75) is 64.0 Å². The number of hydrogen-bond acceptors (Lipinski definition) is 4. The summed E-state index contributed by atoms with van der Waals surface area (Å²) in [6, 6.07) is 0. The van der Waals surface area contributed by atoms with Gasteiger partial charge in [0.05, 0.1) is 6.10 Å². The molecule has 1 fully saturated rings. The average Bonchev–Trinajstić information content (AvgIpc) is 2.70. The van der Waals surface area contributed by atoms with Crippen molar-refractivity contribution in [3.05, 3.63) is 11.6 Å². The van der Waals surface area contributed by atoms with Crippen molar-refractivity contribution in [1.82, 2.24) is 0 Å². The maximum atomic E-state index is 12.7. The van der Waals surface area contributed by atoms with E-state index in [9.17, 15) is 9.90 Å². The normalized spacial score (nSPS) is 34.4. The van der Waals surface area contributed by atoms with E-state index in [1.165, 1.54) is 5.57 Å². The third-order valence-corrected chi connectivity index (χ3v) is 11.1. The van der Waals surface area contributed by atoms with Crippen molar-refractivity contribution in [3.63, 3.8) is 0 Å². The summed E-state index contributed by atoms with van der Waals surface area (Å²) in [7, 11) is -2.12. The Kier molecular flexibility index (Phi) is 4.53. The average molecular weight is 329 g/mol. The first-order valence-corrected chi connectivity index (χ1v) is 11.7. The van der Waals surface area contributed by atoms with Gasteiger partial charge in [0.15, 0.2) is 14.1 Å². The van der Waals surface area contributed by atoms with Crippen LogP contribution in [0.2, 0.25) is 18.1 Å². The minimum Gasteiger partial charge on any atom is -0.402 e. The lowest BCUT2D eigenvalue weighted by atomic mass is 9.91. The summed E-state index contributed by atoms with van der Waals surface area (Å²) in [6.45, 7) is 12.5. The molecule has 1 heterocycles. The summed E-state index contributed by atoms with van der Waals surface area (Å²) in [4.78, 5) is 12.7. The Morgan fingerprint density at radius 2 is 2.05 bits per heavy atom. The van der Waals surface area contributed by atoms with Crippen LogP contribution in [-0.4, -0.2) is 42.4 Å². The first kappa shape index (κ1) is 17.3. The van der Waals surface area contributed by atoms with Gasteiger partial charge < -0.3 is 9.53 Å². The molecule has 5 heteroatoms. The SMILES string of the molecule is CC(C)(C)[Si](C)(C)O[C@]1(C)C(=O)C=C2CSC[C@H]2C[C@H]1O. The van der Waals surface area contributed by atoms with Gasteiger partial charge in [-0.15, -0.1) is 0 Å². The molecule has 3 atom stereocenters. The summed E-state index contributed by atoms with van der Waals surface area (Å²) in [6.07, 6.45) is 1.67. The van der Waals surface area contributed by atoms with E-state index in [2.05, 4.69) is 33.9 Å². The molecule has 0 aromatic rings. The molecule has 0 aromatic heterocycles. The van der Waals surface area contributed by atoms with Crippen LogP contribution in [-0.2, 0) is 9.22 Å². The fourth-order valence-electron chi connectivity index (χ4n) is 2.69. The first-order valence-electron chi connectivity index (χ1n) is 7.68. The summed E-state index contributed by atoms with van der Waals surface area (Å²) in [5.41, 5.74) is 0.0944. The van der Waals surface area contributed by atoms with E-state index >= 15 is 0 Å². The van der Waals surface area contributed by atoms with E-state index in [1.54, 1.807) is 13.0 Å². The number of carbonyl (C=O) groups excluding carboxylic acids is 1. The Balaban J connectivity index is 2.32. The second-order valence-electron chi connectivity index (χ2n) is 8.02. The first-order chi connectivity index (χ1) is 9.47. The predicted molar refractivity (Wildman–Crippen MR) is 91.2 cm³/mol. The standard InChI is InChI=1S/C16H28O3SSi/c1-15(2,3)21(5,6)19-16(4)13(17)7-11-9-20-10-12(11)8-14(16)18/h7,12,14,18H,8-10H2,1-6H3/t12-,14-,16-/m1/s1. The highest BCUT2D eigenvalue weighted by atomic mass is 32.2.